The Bertz CT molecular complexity index is 1190. The van der Waals surface area contributed by atoms with E-state index in [0.29, 0.717) is 15.3 Å². The number of nitrogens with zero attached hydrogens (tertiary/aromatic N) is 1. The number of thiophene rings is 1. The summed E-state index contributed by atoms with van der Waals surface area (Å²) in [7, 11) is -4.12. The molecule has 0 bridgehead atoms. The van der Waals surface area contributed by atoms with Crippen molar-refractivity contribution in [1.29, 1.82) is 5.26 Å². The first kappa shape index (κ1) is 20.0. The lowest BCUT2D eigenvalue weighted by Crippen LogP contribution is -2.30. The van der Waals surface area contributed by atoms with Gasteiger partial charge < -0.3 is 4.74 Å². The van der Waals surface area contributed by atoms with Gasteiger partial charge in [0.2, 0.25) is 0 Å². The Morgan fingerprint density at radius 3 is 2.50 bits per heavy atom. The first-order chi connectivity index (χ1) is 13.3. The highest BCUT2D eigenvalue weighted by molar-refractivity contribution is 9.10. The van der Waals surface area contributed by atoms with Crippen LogP contribution in [0.5, 0.6) is 10.8 Å². The number of halogens is 2. The van der Waals surface area contributed by atoms with Crippen LogP contribution in [0, 0.1) is 17.1 Å². The molecule has 0 unspecified atom stereocenters. The molecule has 1 N–H and O–H groups in total. The third-order valence-electron chi connectivity index (χ3n) is 3.44. The van der Waals surface area contributed by atoms with Gasteiger partial charge in [0.15, 0.2) is 5.06 Å². The highest BCUT2D eigenvalue weighted by Gasteiger charge is 2.21. The van der Waals surface area contributed by atoms with Crippen LogP contribution in [0.25, 0.3) is 0 Å². The van der Waals surface area contributed by atoms with E-state index in [4.69, 9.17) is 10.00 Å². The molecule has 1 aromatic heterocycles. The van der Waals surface area contributed by atoms with Gasteiger partial charge >= 0.3 is 0 Å². The van der Waals surface area contributed by atoms with E-state index in [9.17, 15) is 17.6 Å². The van der Waals surface area contributed by atoms with Gasteiger partial charge in [0.05, 0.1) is 15.3 Å². The van der Waals surface area contributed by atoms with Crippen LogP contribution in [-0.4, -0.2) is 14.3 Å². The smallest absolute Gasteiger partial charge is 0.275 e. The molecule has 10 heteroatoms. The fraction of sp³-hybridized carbons (Fsp3) is 0. The molecule has 1 amide bonds. The fourth-order valence-corrected chi connectivity index (χ4v) is 4.55. The van der Waals surface area contributed by atoms with Crippen LogP contribution in [0.1, 0.15) is 15.2 Å². The molecular weight excluding hydrogens is 471 g/mol. The summed E-state index contributed by atoms with van der Waals surface area (Å²) in [6.45, 7) is 0. The van der Waals surface area contributed by atoms with E-state index in [1.807, 2.05) is 10.8 Å². The summed E-state index contributed by atoms with van der Waals surface area (Å²) in [6, 6.07) is 14.0. The van der Waals surface area contributed by atoms with Crippen LogP contribution in [0.15, 0.2) is 64.0 Å². The number of carbonyl (C=O) groups excluding carboxylic acids is 1. The Hall–Kier alpha value is -2.74. The van der Waals surface area contributed by atoms with Crippen LogP contribution in [0.3, 0.4) is 0 Å². The van der Waals surface area contributed by atoms with Crippen molar-refractivity contribution in [1.82, 2.24) is 4.72 Å². The fourth-order valence-electron chi connectivity index (χ4n) is 2.10. The monoisotopic (exact) mass is 480 g/mol. The maximum atomic E-state index is 12.9. The van der Waals surface area contributed by atoms with Crippen LogP contribution in [0.2, 0.25) is 0 Å². The van der Waals surface area contributed by atoms with Gasteiger partial charge in [-0.3, -0.25) is 4.79 Å². The van der Waals surface area contributed by atoms with Gasteiger partial charge in [-0.15, -0.1) is 0 Å². The number of benzene rings is 2. The van der Waals surface area contributed by atoms with E-state index >= 15 is 0 Å². The molecule has 2 aromatic carbocycles. The number of sulfonamides is 1. The number of hydrogen-bond acceptors (Lipinski definition) is 6. The maximum Gasteiger partial charge on any atom is 0.275 e. The molecule has 0 radical (unpaired) electrons. The predicted octanol–water partition coefficient (Wildman–Crippen LogP) is 4.43. The number of carbonyl (C=O) groups is 1. The average molecular weight is 481 g/mol. The summed E-state index contributed by atoms with van der Waals surface area (Å²) in [5, 5.41) is 9.24. The zero-order chi connectivity index (χ0) is 20.3. The normalized spacial score (nSPS) is 10.9. The summed E-state index contributed by atoms with van der Waals surface area (Å²) in [5.74, 6) is -0.844. The molecule has 0 aliphatic rings. The summed E-state index contributed by atoms with van der Waals surface area (Å²) >= 11 is 4.05. The van der Waals surface area contributed by atoms with Crippen LogP contribution >= 0.6 is 27.3 Å². The second-order valence-electron chi connectivity index (χ2n) is 5.36. The quantitative estimate of drug-likeness (QED) is 0.582. The lowest BCUT2D eigenvalue weighted by Gasteiger charge is -2.07. The number of nitrogens with one attached hydrogen (secondary N) is 1. The van der Waals surface area contributed by atoms with Crippen molar-refractivity contribution in [2.45, 2.75) is 4.90 Å². The van der Waals surface area contributed by atoms with Gasteiger partial charge in [-0.25, -0.2) is 17.5 Å². The second-order valence-corrected chi connectivity index (χ2v) is 8.95. The number of nitriles is 1. The van der Waals surface area contributed by atoms with Crippen LogP contribution < -0.4 is 9.46 Å². The lowest BCUT2D eigenvalue weighted by atomic mass is 10.2. The number of amides is 1. The molecule has 6 nitrogen and oxygen atoms in total. The standard InChI is InChI=1S/C18H10BrFN2O4S2/c19-15-9-14(6-1-11(15)10-21)28(24,25)22-18(23)16-7-8-17(27-16)26-13-4-2-12(20)3-5-13/h1-9H,(H,22,23). The Morgan fingerprint density at radius 2 is 1.86 bits per heavy atom. The van der Waals surface area contributed by atoms with Gasteiger partial charge in [0.25, 0.3) is 15.9 Å². The number of hydrogen-bond donors (Lipinski definition) is 1. The summed E-state index contributed by atoms with van der Waals surface area (Å²) < 4.78 is 45.5. The van der Waals surface area contributed by atoms with Gasteiger partial charge in [-0.2, -0.15) is 5.26 Å². The van der Waals surface area contributed by atoms with Crippen LogP contribution in [-0.2, 0) is 10.0 Å². The van der Waals surface area contributed by atoms with E-state index in [2.05, 4.69) is 15.9 Å². The molecule has 0 saturated carbocycles. The SMILES string of the molecule is N#Cc1ccc(S(=O)(=O)NC(=O)c2ccc(Oc3ccc(F)cc3)s2)cc1Br. The molecule has 1 heterocycles. The molecule has 0 atom stereocenters. The second kappa shape index (κ2) is 8.10. The summed E-state index contributed by atoms with van der Waals surface area (Å²) in [5.41, 5.74) is 0.270. The maximum absolute atomic E-state index is 12.9. The van der Waals surface area contributed by atoms with E-state index in [-0.39, 0.29) is 15.3 Å². The third-order valence-corrected chi connectivity index (χ3v) is 6.38. The number of ether oxygens (including phenoxy) is 1. The molecule has 0 aliphatic carbocycles. The highest BCUT2D eigenvalue weighted by Crippen LogP contribution is 2.30. The van der Waals surface area contributed by atoms with E-state index in [1.165, 1.54) is 54.6 Å². The van der Waals surface area contributed by atoms with Gasteiger partial charge in [-0.05, 0) is 70.5 Å². The molecule has 28 heavy (non-hydrogen) atoms. The van der Waals surface area contributed by atoms with Gasteiger partial charge in [-0.1, -0.05) is 11.3 Å². The minimum atomic E-state index is -4.12. The van der Waals surface area contributed by atoms with Crippen molar-refractivity contribution < 1.29 is 22.3 Å². The molecule has 3 rings (SSSR count). The summed E-state index contributed by atoms with van der Waals surface area (Å²) in [4.78, 5) is 12.3. The van der Waals surface area contributed by atoms with Crippen molar-refractivity contribution in [3.63, 3.8) is 0 Å². The van der Waals surface area contributed by atoms with Crippen molar-refractivity contribution in [3.8, 4) is 16.9 Å². The molecule has 0 fully saturated rings. The van der Waals surface area contributed by atoms with Crippen molar-refractivity contribution in [3.05, 3.63) is 75.3 Å². The Labute approximate surface area is 172 Å². The highest BCUT2D eigenvalue weighted by atomic mass is 79.9. The molecule has 3 aromatic rings. The Morgan fingerprint density at radius 1 is 1.14 bits per heavy atom. The van der Waals surface area contributed by atoms with Gasteiger partial charge in [0.1, 0.15) is 17.6 Å². The third kappa shape index (κ3) is 4.56. The zero-order valence-electron chi connectivity index (χ0n) is 13.8. The molecule has 0 aliphatic heterocycles. The largest absolute Gasteiger partial charge is 0.447 e. The van der Waals surface area contributed by atoms with E-state index in [1.54, 1.807) is 0 Å². The number of rotatable bonds is 5. The Kier molecular flexibility index (Phi) is 5.79. The molecule has 0 spiro atoms. The van der Waals surface area contributed by atoms with E-state index in [0.717, 1.165) is 11.3 Å². The average Bonchev–Trinajstić information content (AvgIpc) is 3.12. The topological polar surface area (TPSA) is 96.3 Å². The van der Waals surface area contributed by atoms with Crippen LogP contribution in [0.4, 0.5) is 4.39 Å². The predicted molar refractivity (Wildman–Crippen MR) is 104 cm³/mol. The molecular formula is C18H10BrFN2O4S2. The minimum Gasteiger partial charge on any atom is -0.447 e. The van der Waals surface area contributed by atoms with Crippen molar-refractivity contribution >= 4 is 43.2 Å². The summed E-state index contributed by atoms with van der Waals surface area (Å²) in [6.07, 6.45) is 0. The molecule has 0 saturated heterocycles. The zero-order valence-corrected chi connectivity index (χ0v) is 17.1. The van der Waals surface area contributed by atoms with Crippen molar-refractivity contribution in [2.24, 2.45) is 0 Å². The van der Waals surface area contributed by atoms with Crippen molar-refractivity contribution in [2.75, 3.05) is 0 Å². The first-order valence-electron chi connectivity index (χ1n) is 7.58. The van der Waals surface area contributed by atoms with E-state index < -0.39 is 21.7 Å². The Balaban J connectivity index is 1.74. The first-order valence-corrected chi connectivity index (χ1v) is 10.7. The lowest BCUT2D eigenvalue weighted by molar-refractivity contribution is 0.0985. The minimum absolute atomic E-state index is 0.119. The van der Waals surface area contributed by atoms with Gasteiger partial charge in [0, 0.05) is 4.47 Å². The molecule has 142 valence electrons.